The fourth-order valence-corrected chi connectivity index (χ4v) is 2.82. The molecule has 4 aromatic rings. The van der Waals surface area contributed by atoms with E-state index in [2.05, 4.69) is 25.9 Å². The third kappa shape index (κ3) is 4.03. The van der Waals surface area contributed by atoms with Crippen molar-refractivity contribution in [1.82, 2.24) is 20.6 Å². The van der Waals surface area contributed by atoms with Gasteiger partial charge in [-0.1, -0.05) is 12.1 Å². The molecule has 0 aliphatic carbocycles. The summed E-state index contributed by atoms with van der Waals surface area (Å²) in [5.74, 6) is 0.141. The van der Waals surface area contributed by atoms with Crippen LogP contribution < -0.4 is 15.5 Å². The van der Waals surface area contributed by atoms with E-state index >= 15 is 0 Å². The Labute approximate surface area is 169 Å². The van der Waals surface area contributed by atoms with Crippen LogP contribution >= 0.6 is 0 Å². The number of anilines is 1. The molecule has 0 bridgehead atoms. The number of hydrogen-bond donors (Lipinski definition) is 3. The number of aromatic nitrogens is 4. The summed E-state index contributed by atoms with van der Waals surface area (Å²) in [6.45, 7) is 1.73. The molecule has 4 rings (SSSR count). The van der Waals surface area contributed by atoms with E-state index in [1.807, 2.05) is 0 Å². The van der Waals surface area contributed by atoms with Crippen molar-refractivity contribution < 1.29 is 19.1 Å². The van der Waals surface area contributed by atoms with Crippen molar-refractivity contribution in [3.05, 3.63) is 64.6 Å². The summed E-state index contributed by atoms with van der Waals surface area (Å²) >= 11 is 0. The lowest BCUT2D eigenvalue weighted by Crippen LogP contribution is -2.14. The number of tetrazole rings is 1. The van der Waals surface area contributed by atoms with Crippen molar-refractivity contribution in [2.45, 2.75) is 13.0 Å². The van der Waals surface area contributed by atoms with E-state index in [1.54, 1.807) is 43.3 Å². The van der Waals surface area contributed by atoms with E-state index in [0.717, 1.165) is 0 Å². The smallest absolute Gasteiger partial charge is 0.297 e. The summed E-state index contributed by atoms with van der Waals surface area (Å²) in [7, 11) is 0. The lowest BCUT2D eigenvalue weighted by molar-refractivity contribution is 0.101. The van der Waals surface area contributed by atoms with Gasteiger partial charge in [-0.3, -0.25) is 9.59 Å². The quantitative estimate of drug-likeness (QED) is 0.440. The molecule has 1 atom stereocenters. The maximum absolute atomic E-state index is 12.7. The molecule has 1 unspecified atom stereocenters. The van der Waals surface area contributed by atoms with Crippen LogP contribution in [0.15, 0.2) is 57.7 Å². The predicted molar refractivity (Wildman–Crippen MR) is 107 cm³/mol. The number of para-hydroxylation sites is 1. The number of ether oxygens (including phenoxy) is 1. The summed E-state index contributed by atoms with van der Waals surface area (Å²) in [5.41, 5.74) is 1.04. The van der Waals surface area contributed by atoms with Gasteiger partial charge < -0.3 is 19.6 Å². The Morgan fingerprint density at radius 1 is 1.27 bits per heavy atom. The second kappa shape index (κ2) is 8.13. The highest BCUT2D eigenvalue weighted by Crippen LogP contribution is 2.31. The van der Waals surface area contributed by atoms with E-state index in [0.29, 0.717) is 33.7 Å². The molecule has 3 N–H and O–H groups in total. The molecule has 0 saturated heterocycles. The fourth-order valence-electron chi connectivity index (χ4n) is 2.82. The van der Waals surface area contributed by atoms with Crippen LogP contribution in [0.2, 0.25) is 0 Å². The van der Waals surface area contributed by atoms with Gasteiger partial charge in [0.15, 0.2) is 5.43 Å². The number of aliphatic hydroxyl groups is 1. The first-order valence-electron chi connectivity index (χ1n) is 9.04. The highest BCUT2D eigenvalue weighted by molar-refractivity contribution is 6.02. The van der Waals surface area contributed by atoms with Crippen LogP contribution in [0.4, 0.5) is 5.69 Å². The number of H-pyrrole nitrogens is 1. The molecule has 0 aliphatic rings. The number of hydrogen-bond acceptors (Lipinski definition) is 8. The van der Waals surface area contributed by atoms with Gasteiger partial charge in [0.2, 0.25) is 0 Å². The van der Waals surface area contributed by atoms with Gasteiger partial charge in [0.05, 0.1) is 17.1 Å². The fraction of sp³-hybridized carbons (Fsp3) is 0.150. The average Bonchev–Trinajstić information content (AvgIpc) is 3.28. The van der Waals surface area contributed by atoms with E-state index in [1.165, 1.54) is 12.1 Å². The molecule has 152 valence electrons. The number of carbonyl (C=O) groups excluding carboxylic acids is 1. The first-order chi connectivity index (χ1) is 14.5. The Hall–Kier alpha value is -4.05. The zero-order valence-electron chi connectivity index (χ0n) is 15.8. The van der Waals surface area contributed by atoms with Crippen molar-refractivity contribution in [3.63, 3.8) is 0 Å². The predicted octanol–water partition coefficient (Wildman–Crippen LogP) is 1.98. The summed E-state index contributed by atoms with van der Waals surface area (Å²) < 4.78 is 11.5. The number of nitrogens with zero attached hydrogens (tertiary/aromatic N) is 3. The van der Waals surface area contributed by atoms with Gasteiger partial charge in [-0.25, -0.2) is 0 Å². The Morgan fingerprint density at radius 3 is 2.87 bits per heavy atom. The van der Waals surface area contributed by atoms with E-state index < -0.39 is 12.0 Å². The molecule has 1 amide bonds. The van der Waals surface area contributed by atoms with E-state index in [4.69, 9.17) is 9.15 Å². The minimum Gasteiger partial charge on any atom is -0.490 e. The highest BCUT2D eigenvalue weighted by atomic mass is 16.5. The second-order valence-electron chi connectivity index (χ2n) is 6.53. The number of carbonyl (C=O) groups is 1. The van der Waals surface area contributed by atoms with Crippen LogP contribution in [0.3, 0.4) is 0 Å². The molecule has 0 fully saturated rings. The molecule has 10 nitrogen and oxygen atoms in total. The molecule has 2 aromatic heterocycles. The molecule has 10 heteroatoms. The van der Waals surface area contributed by atoms with E-state index in [-0.39, 0.29) is 17.9 Å². The molecule has 2 aromatic carbocycles. The molecule has 0 saturated carbocycles. The molecule has 0 spiro atoms. The highest BCUT2D eigenvalue weighted by Gasteiger charge is 2.15. The molecular weight excluding hydrogens is 390 g/mol. The van der Waals surface area contributed by atoms with E-state index in [9.17, 15) is 14.7 Å². The minimum absolute atomic E-state index is 0.109. The summed E-state index contributed by atoms with van der Waals surface area (Å²) in [4.78, 5) is 24.8. The van der Waals surface area contributed by atoms with Crippen LogP contribution in [0.25, 0.3) is 22.3 Å². The SMILES string of the molecule is CC(O)COc1ccccc1-c1cc(=O)c2cc(NC(=O)c3nn[nH]n3)ccc2o1. The van der Waals surface area contributed by atoms with Crippen molar-refractivity contribution in [1.29, 1.82) is 0 Å². The van der Waals surface area contributed by atoms with Crippen LogP contribution in [-0.2, 0) is 0 Å². The number of rotatable bonds is 6. The Bertz CT molecular complexity index is 1250. The summed E-state index contributed by atoms with van der Waals surface area (Å²) in [6.07, 6.45) is -0.636. The maximum atomic E-state index is 12.7. The third-order valence-corrected chi connectivity index (χ3v) is 4.17. The zero-order valence-corrected chi connectivity index (χ0v) is 15.8. The lowest BCUT2D eigenvalue weighted by Gasteiger charge is -2.12. The van der Waals surface area contributed by atoms with Gasteiger partial charge in [-0.15, -0.1) is 10.2 Å². The van der Waals surface area contributed by atoms with Crippen molar-refractivity contribution in [2.24, 2.45) is 0 Å². The Balaban J connectivity index is 1.67. The number of aromatic amines is 1. The largest absolute Gasteiger partial charge is 0.490 e. The first kappa shape index (κ1) is 19.3. The summed E-state index contributed by atoms with van der Waals surface area (Å²) in [5, 5.41) is 25.1. The van der Waals surface area contributed by atoms with Crippen LogP contribution in [-0.4, -0.2) is 44.3 Å². The average molecular weight is 407 g/mol. The van der Waals surface area contributed by atoms with Gasteiger partial charge in [0.25, 0.3) is 11.7 Å². The number of benzene rings is 2. The maximum Gasteiger partial charge on any atom is 0.297 e. The topological polar surface area (TPSA) is 143 Å². The number of fused-ring (bicyclic) bond motifs is 1. The van der Waals surface area contributed by atoms with Gasteiger partial charge in [-0.05, 0) is 42.5 Å². The van der Waals surface area contributed by atoms with Crippen molar-refractivity contribution in [2.75, 3.05) is 11.9 Å². The van der Waals surface area contributed by atoms with Crippen LogP contribution in [0.5, 0.6) is 5.75 Å². The third-order valence-electron chi connectivity index (χ3n) is 4.17. The Morgan fingerprint density at radius 2 is 2.10 bits per heavy atom. The summed E-state index contributed by atoms with van der Waals surface area (Å²) in [6, 6.07) is 13.1. The van der Waals surface area contributed by atoms with Gasteiger partial charge in [-0.2, -0.15) is 5.21 Å². The lowest BCUT2D eigenvalue weighted by atomic mass is 10.1. The standard InChI is InChI=1S/C20H17N5O5/c1-11(26)10-29-16-5-3-2-4-13(16)18-9-15(27)14-8-12(6-7-17(14)30-18)21-20(28)19-22-24-25-23-19/h2-9,11,26H,10H2,1H3,(H,21,28)(H,22,23,24,25). The molecule has 30 heavy (non-hydrogen) atoms. The van der Waals surface area contributed by atoms with Gasteiger partial charge >= 0.3 is 0 Å². The monoisotopic (exact) mass is 407 g/mol. The second-order valence-corrected chi connectivity index (χ2v) is 6.53. The molecule has 0 aliphatic heterocycles. The van der Waals surface area contributed by atoms with Crippen LogP contribution in [0, 0.1) is 0 Å². The number of aliphatic hydroxyl groups excluding tert-OH is 1. The number of nitrogens with one attached hydrogen (secondary N) is 2. The normalized spacial score (nSPS) is 11.9. The van der Waals surface area contributed by atoms with Crippen molar-refractivity contribution in [3.8, 4) is 17.1 Å². The number of amides is 1. The Kier molecular flexibility index (Phi) is 5.22. The zero-order chi connectivity index (χ0) is 21.1. The van der Waals surface area contributed by atoms with Gasteiger partial charge in [0.1, 0.15) is 23.7 Å². The van der Waals surface area contributed by atoms with Crippen LogP contribution in [0.1, 0.15) is 17.5 Å². The minimum atomic E-state index is -0.636. The molecule has 0 radical (unpaired) electrons. The first-order valence-corrected chi connectivity index (χ1v) is 9.04. The molecular formula is C20H17N5O5. The van der Waals surface area contributed by atoms with Gasteiger partial charge in [0, 0.05) is 11.8 Å². The molecule has 2 heterocycles. The van der Waals surface area contributed by atoms with Crippen molar-refractivity contribution >= 4 is 22.6 Å².